The minimum Gasteiger partial charge on any atom is -0.455 e. The Kier molecular flexibility index (Phi) is 9.19. The highest BCUT2D eigenvalue weighted by Crippen LogP contribution is 2.22. The third-order valence-electron chi connectivity index (χ3n) is 2.84. The summed E-state index contributed by atoms with van der Waals surface area (Å²) in [6, 6.07) is 2.36. The molecule has 1 aromatic heterocycles. The third-order valence-corrected chi connectivity index (χ3v) is 3.83. The molecule has 25 heavy (non-hydrogen) atoms. The normalized spacial score (nSPS) is 11.3. The smallest absolute Gasteiger partial charge is 0.321 e. The number of esters is 1. The van der Waals surface area contributed by atoms with Crippen LogP contribution in [0.25, 0.3) is 0 Å². The molecule has 0 fully saturated rings. The van der Waals surface area contributed by atoms with Gasteiger partial charge in [0.25, 0.3) is 5.91 Å². The maximum Gasteiger partial charge on any atom is 0.321 e. The second-order valence-corrected chi connectivity index (χ2v) is 5.91. The first kappa shape index (κ1) is 20.6. The van der Waals surface area contributed by atoms with Crippen LogP contribution in [0.1, 0.15) is 24.3 Å². The Balaban J connectivity index is 2.38. The lowest BCUT2D eigenvalue weighted by Gasteiger charge is -2.15. The molecular formula is C15H21N3O6S. The van der Waals surface area contributed by atoms with Gasteiger partial charge in [-0.1, -0.05) is 6.07 Å². The maximum absolute atomic E-state index is 11.9. The molecule has 1 unspecified atom stereocenters. The number of imide groups is 1. The summed E-state index contributed by atoms with van der Waals surface area (Å²) >= 11 is 1.39. The van der Waals surface area contributed by atoms with Gasteiger partial charge < -0.3 is 20.1 Å². The fourth-order valence-corrected chi connectivity index (χ4v) is 2.58. The summed E-state index contributed by atoms with van der Waals surface area (Å²) in [5.41, 5.74) is 0. The van der Waals surface area contributed by atoms with Crippen LogP contribution in [-0.4, -0.2) is 50.7 Å². The summed E-state index contributed by atoms with van der Waals surface area (Å²) < 4.78 is 9.58. The number of nitrogens with one attached hydrogen (secondary N) is 3. The first-order valence-electron chi connectivity index (χ1n) is 7.45. The fraction of sp³-hybridized carbons (Fsp3) is 0.467. The largest absolute Gasteiger partial charge is 0.455 e. The molecule has 0 saturated carbocycles. The van der Waals surface area contributed by atoms with Crippen LogP contribution < -0.4 is 16.0 Å². The molecule has 0 saturated heterocycles. The van der Waals surface area contributed by atoms with E-state index in [1.165, 1.54) is 25.4 Å². The second-order valence-electron chi connectivity index (χ2n) is 4.93. The van der Waals surface area contributed by atoms with Gasteiger partial charge >= 0.3 is 12.0 Å². The van der Waals surface area contributed by atoms with Crippen LogP contribution in [-0.2, 0) is 23.9 Å². The van der Waals surface area contributed by atoms with E-state index in [1.807, 2.05) is 10.7 Å². The van der Waals surface area contributed by atoms with E-state index in [9.17, 15) is 19.2 Å². The van der Waals surface area contributed by atoms with Crippen LogP contribution in [0.3, 0.4) is 0 Å². The van der Waals surface area contributed by atoms with Gasteiger partial charge in [-0.2, -0.15) is 0 Å². The van der Waals surface area contributed by atoms with E-state index < -0.39 is 30.6 Å². The van der Waals surface area contributed by atoms with Crippen LogP contribution >= 0.6 is 11.3 Å². The maximum atomic E-state index is 11.9. The van der Waals surface area contributed by atoms with E-state index in [2.05, 4.69) is 10.6 Å². The molecule has 0 spiro atoms. The lowest BCUT2D eigenvalue weighted by molar-refractivity contribution is -0.148. The zero-order valence-electron chi connectivity index (χ0n) is 14.0. The van der Waals surface area contributed by atoms with Gasteiger partial charge in [-0.15, -0.1) is 11.3 Å². The molecule has 3 N–H and O–H groups in total. The average molecular weight is 371 g/mol. The minimum absolute atomic E-state index is 0.118. The Morgan fingerprint density at radius 3 is 2.64 bits per heavy atom. The molecule has 0 aliphatic carbocycles. The van der Waals surface area contributed by atoms with Crippen molar-refractivity contribution in [1.82, 2.24) is 16.0 Å². The number of hydrogen-bond acceptors (Lipinski definition) is 7. The van der Waals surface area contributed by atoms with Gasteiger partial charge in [0.15, 0.2) is 6.61 Å². The van der Waals surface area contributed by atoms with Gasteiger partial charge in [0.1, 0.15) is 0 Å². The van der Waals surface area contributed by atoms with Crippen molar-refractivity contribution in [3.8, 4) is 0 Å². The quantitative estimate of drug-likeness (QED) is 0.425. The van der Waals surface area contributed by atoms with Crippen LogP contribution in [0.5, 0.6) is 0 Å². The number of urea groups is 1. The Morgan fingerprint density at radius 2 is 2.04 bits per heavy atom. The zero-order valence-corrected chi connectivity index (χ0v) is 14.8. The van der Waals surface area contributed by atoms with Crippen LogP contribution in [0.4, 0.5) is 4.79 Å². The first-order chi connectivity index (χ1) is 11.9. The van der Waals surface area contributed by atoms with Gasteiger partial charge in [-0.3, -0.25) is 19.7 Å². The summed E-state index contributed by atoms with van der Waals surface area (Å²) in [7, 11) is 1.48. The van der Waals surface area contributed by atoms with E-state index in [-0.39, 0.29) is 18.9 Å². The molecule has 0 bridgehead atoms. The number of ether oxygens (including phenoxy) is 2. The predicted octanol–water partition coefficient (Wildman–Crippen LogP) is 0.331. The number of carbonyl (C=O) groups is 4. The van der Waals surface area contributed by atoms with E-state index in [0.717, 1.165) is 4.88 Å². The van der Waals surface area contributed by atoms with Crippen molar-refractivity contribution < 1.29 is 28.7 Å². The van der Waals surface area contributed by atoms with E-state index in [1.54, 1.807) is 12.1 Å². The molecule has 0 aliphatic rings. The van der Waals surface area contributed by atoms with E-state index in [0.29, 0.717) is 6.61 Å². The van der Waals surface area contributed by atoms with Crippen molar-refractivity contribution in [3.05, 3.63) is 22.4 Å². The number of carbonyl (C=O) groups excluding carboxylic acids is 4. The molecule has 1 rings (SSSR count). The van der Waals surface area contributed by atoms with Gasteiger partial charge in [0.05, 0.1) is 19.1 Å². The van der Waals surface area contributed by atoms with Crippen molar-refractivity contribution in [3.63, 3.8) is 0 Å². The highest BCUT2D eigenvalue weighted by Gasteiger charge is 2.20. The Morgan fingerprint density at radius 1 is 1.28 bits per heavy atom. The molecule has 9 nitrogen and oxygen atoms in total. The van der Waals surface area contributed by atoms with Gasteiger partial charge in [-0.25, -0.2) is 4.79 Å². The summed E-state index contributed by atoms with van der Waals surface area (Å²) in [6.45, 7) is 1.31. The molecular weight excluding hydrogens is 350 g/mol. The summed E-state index contributed by atoms with van der Waals surface area (Å²) in [5.74, 6) is -1.70. The van der Waals surface area contributed by atoms with Crippen molar-refractivity contribution >= 4 is 35.2 Å². The van der Waals surface area contributed by atoms with Gasteiger partial charge in [0, 0.05) is 25.5 Å². The lowest BCUT2D eigenvalue weighted by atomic mass is 10.1. The monoisotopic (exact) mass is 371 g/mol. The van der Waals surface area contributed by atoms with Crippen molar-refractivity contribution in [2.24, 2.45) is 0 Å². The lowest BCUT2D eigenvalue weighted by Crippen LogP contribution is -2.42. The minimum atomic E-state index is -0.754. The summed E-state index contributed by atoms with van der Waals surface area (Å²) in [4.78, 5) is 46.8. The second kappa shape index (κ2) is 11.2. The molecule has 0 aliphatic heterocycles. The molecule has 0 radical (unpaired) electrons. The predicted molar refractivity (Wildman–Crippen MR) is 89.9 cm³/mol. The SMILES string of the molecule is COCCNC(=O)NC(=O)COC(=O)CC(NC(C)=O)c1cccs1. The van der Waals surface area contributed by atoms with E-state index in [4.69, 9.17) is 9.47 Å². The number of rotatable bonds is 9. The van der Waals surface area contributed by atoms with Crippen molar-refractivity contribution in [1.29, 1.82) is 0 Å². The Labute approximate surface area is 149 Å². The molecule has 1 aromatic rings. The first-order valence-corrected chi connectivity index (χ1v) is 8.33. The molecule has 1 heterocycles. The standard InChI is InChI=1S/C15H21N3O6S/c1-10(19)17-11(12-4-3-7-25-12)8-14(21)24-9-13(20)18-15(22)16-5-6-23-2/h3-4,7,11H,5-6,8-9H2,1-2H3,(H,17,19)(H2,16,18,20,22). The van der Waals surface area contributed by atoms with Crippen molar-refractivity contribution in [2.45, 2.75) is 19.4 Å². The van der Waals surface area contributed by atoms with Gasteiger partial charge in [-0.05, 0) is 11.4 Å². The number of methoxy groups -OCH3 is 1. The number of hydrogen-bond donors (Lipinski definition) is 3. The van der Waals surface area contributed by atoms with Crippen molar-refractivity contribution in [2.75, 3.05) is 26.9 Å². The zero-order chi connectivity index (χ0) is 18.7. The average Bonchev–Trinajstić information content (AvgIpc) is 3.06. The summed E-state index contributed by atoms with van der Waals surface area (Å²) in [6.07, 6.45) is -0.118. The van der Waals surface area contributed by atoms with Gasteiger partial charge in [0.2, 0.25) is 5.91 Å². The molecule has 4 amide bonds. The molecule has 138 valence electrons. The number of thiophene rings is 1. The van der Waals surface area contributed by atoms with Crippen LogP contribution in [0.2, 0.25) is 0 Å². The topological polar surface area (TPSA) is 123 Å². The van der Waals surface area contributed by atoms with E-state index >= 15 is 0 Å². The highest BCUT2D eigenvalue weighted by atomic mass is 32.1. The molecule has 10 heteroatoms. The van der Waals surface area contributed by atoms with Crippen LogP contribution in [0, 0.1) is 0 Å². The third kappa shape index (κ3) is 8.82. The molecule has 0 aromatic carbocycles. The Hall–Kier alpha value is -2.46. The Bertz CT molecular complexity index is 590. The summed E-state index contributed by atoms with van der Waals surface area (Å²) in [5, 5.41) is 8.89. The molecule has 1 atom stereocenters. The van der Waals surface area contributed by atoms with Crippen LogP contribution in [0.15, 0.2) is 17.5 Å². The highest BCUT2D eigenvalue weighted by molar-refractivity contribution is 7.10. The fourth-order valence-electron chi connectivity index (χ4n) is 1.80. The number of amides is 4.